The topological polar surface area (TPSA) is 41.6 Å². The second-order valence-electron chi connectivity index (χ2n) is 6.81. The number of ether oxygens (including phenoxy) is 1. The van der Waals surface area contributed by atoms with Gasteiger partial charge >= 0.3 is 0 Å². The average Bonchev–Trinajstić information content (AvgIpc) is 2.93. The van der Waals surface area contributed by atoms with Crippen LogP contribution in [-0.2, 0) is 6.42 Å². The number of hydrogen-bond donors (Lipinski definition) is 2. The lowest BCUT2D eigenvalue weighted by molar-refractivity contribution is -0.706. The number of methoxy groups -OCH3 is 1. The van der Waals surface area contributed by atoms with Crippen LogP contribution in [0.4, 0.5) is 0 Å². The highest BCUT2D eigenvalue weighted by molar-refractivity contribution is 5.86. The van der Waals surface area contributed by atoms with E-state index < -0.39 is 0 Å². The van der Waals surface area contributed by atoms with E-state index in [2.05, 4.69) is 41.5 Å². The van der Waals surface area contributed by atoms with Gasteiger partial charge in [-0.1, -0.05) is 11.6 Å². The van der Waals surface area contributed by atoms with Crippen LogP contribution >= 0.6 is 0 Å². The normalized spacial score (nSPS) is 23.8. The summed E-state index contributed by atoms with van der Waals surface area (Å²) < 4.78 is 5.41. The predicted molar refractivity (Wildman–Crippen MR) is 89.2 cm³/mol. The van der Waals surface area contributed by atoms with Crippen LogP contribution in [0.5, 0.6) is 5.75 Å². The number of halogens is 1. The molecule has 124 valence electrons. The molecule has 1 aliphatic heterocycles. The zero-order valence-electron chi connectivity index (χ0n) is 13.9. The van der Waals surface area contributed by atoms with Crippen LogP contribution in [0.3, 0.4) is 0 Å². The number of aromatic nitrogens is 1. The number of allylic oxidation sites excluding steroid dienone is 2. The van der Waals surface area contributed by atoms with Crippen LogP contribution in [0.25, 0.3) is 10.9 Å². The minimum absolute atomic E-state index is 0. The molecule has 0 spiro atoms. The van der Waals surface area contributed by atoms with Gasteiger partial charge in [0.2, 0.25) is 0 Å². The molecule has 0 radical (unpaired) electrons. The largest absolute Gasteiger partial charge is 1.00 e. The molecule has 3 nitrogen and oxygen atoms in total. The Kier molecular flexibility index (Phi) is 4.69. The van der Waals surface area contributed by atoms with E-state index in [0.29, 0.717) is 6.04 Å². The van der Waals surface area contributed by atoms with Crippen LogP contribution in [0.1, 0.15) is 43.5 Å². The molecule has 0 amide bonds. The van der Waals surface area contributed by atoms with Crippen molar-refractivity contribution >= 4 is 10.9 Å². The maximum absolute atomic E-state index is 5.41. The molecule has 23 heavy (non-hydrogen) atoms. The highest BCUT2D eigenvalue weighted by atomic mass is 35.5. The molecule has 1 aliphatic carbocycles. The number of benzene rings is 1. The molecule has 2 heterocycles. The lowest BCUT2D eigenvalue weighted by atomic mass is 9.81. The van der Waals surface area contributed by atoms with Gasteiger partial charge in [0.05, 0.1) is 19.3 Å². The van der Waals surface area contributed by atoms with Gasteiger partial charge in [0, 0.05) is 23.2 Å². The van der Waals surface area contributed by atoms with E-state index in [9.17, 15) is 0 Å². The molecular weight excluding hydrogens is 308 g/mol. The van der Waals surface area contributed by atoms with Gasteiger partial charge in [0.15, 0.2) is 0 Å². The van der Waals surface area contributed by atoms with Gasteiger partial charge in [-0.15, -0.1) is 0 Å². The first-order valence-electron chi connectivity index (χ1n) is 8.43. The summed E-state index contributed by atoms with van der Waals surface area (Å²) in [7, 11) is 1.74. The maximum atomic E-state index is 5.41. The highest BCUT2D eigenvalue weighted by Crippen LogP contribution is 2.37. The second-order valence-corrected chi connectivity index (χ2v) is 6.81. The van der Waals surface area contributed by atoms with Crippen LogP contribution < -0.4 is 22.5 Å². The number of nitrogens with two attached hydrogens (primary N) is 1. The number of fused-ring (bicyclic) bond motifs is 3. The zero-order valence-corrected chi connectivity index (χ0v) is 14.6. The quantitative estimate of drug-likeness (QED) is 0.752. The molecule has 4 heteroatoms. The van der Waals surface area contributed by atoms with Crippen molar-refractivity contribution in [1.82, 2.24) is 4.98 Å². The van der Waals surface area contributed by atoms with Gasteiger partial charge in [-0.2, -0.15) is 0 Å². The number of quaternary nitrogens is 1. The molecular formula is C19H25ClN2O. The summed E-state index contributed by atoms with van der Waals surface area (Å²) in [4.78, 5) is 3.72. The number of rotatable bonds is 2. The van der Waals surface area contributed by atoms with Crippen molar-refractivity contribution in [3.05, 3.63) is 41.1 Å². The number of hydrogen-bond acceptors (Lipinski definition) is 1. The predicted octanol–water partition coefficient (Wildman–Crippen LogP) is 0.0875. The Hall–Kier alpha value is -1.45. The molecule has 0 saturated carbocycles. The van der Waals surface area contributed by atoms with Gasteiger partial charge < -0.3 is 27.4 Å². The molecule has 2 aromatic rings. The van der Waals surface area contributed by atoms with Crippen molar-refractivity contribution < 1.29 is 22.5 Å². The summed E-state index contributed by atoms with van der Waals surface area (Å²) in [5.74, 6) is 1.72. The maximum Gasteiger partial charge on any atom is 0.130 e. The molecule has 0 fully saturated rings. The molecule has 0 saturated heterocycles. The summed E-state index contributed by atoms with van der Waals surface area (Å²) in [6.07, 6.45) is 7.41. The van der Waals surface area contributed by atoms with Crippen LogP contribution in [0.2, 0.25) is 0 Å². The van der Waals surface area contributed by atoms with E-state index in [4.69, 9.17) is 4.74 Å². The van der Waals surface area contributed by atoms with Gasteiger partial charge in [0.25, 0.3) is 0 Å². The zero-order chi connectivity index (χ0) is 15.1. The van der Waals surface area contributed by atoms with E-state index in [1.165, 1.54) is 48.0 Å². The Morgan fingerprint density at radius 1 is 1.26 bits per heavy atom. The fraction of sp³-hybridized carbons (Fsp3) is 0.474. The summed E-state index contributed by atoms with van der Waals surface area (Å²) in [6, 6.07) is 6.99. The van der Waals surface area contributed by atoms with Crippen molar-refractivity contribution in [2.75, 3.05) is 13.7 Å². The fourth-order valence-corrected chi connectivity index (χ4v) is 4.19. The smallest absolute Gasteiger partial charge is 0.130 e. The summed E-state index contributed by atoms with van der Waals surface area (Å²) in [5, 5.41) is 3.91. The Morgan fingerprint density at radius 2 is 2.13 bits per heavy atom. The molecule has 3 N–H and O–H groups in total. The Balaban J connectivity index is 0.00000156. The van der Waals surface area contributed by atoms with E-state index in [-0.39, 0.29) is 12.4 Å². The van der Waals surface area contributed by atoms with E-state index in [1.54, 1.807) is 12.7 Å². The summed E-state index contributed by atoms with van der Waals surface area (Å²) in [6.45, 7) is 3.46. The first-order chi connectivity index (χ1) is 10.8. The monoisotopic (exact) mass is 332 g/mol. The Morgan fingerprint density at radius 3 is 2.87 bits per heavy atom. The fourth-order valence-electron chi connectivity index (χ4n) is 4.19. The highest BCUT2D eigenvalue weighted by Gasteiger charge is 2.34. The molecule has 1 aromatic carbocycles. The van der Waals surface area contributed by atoms with Gasteiger partial charge in [0.1, 0.15) is 11.8 Å². The van der Waals surface area contributed by atoms with Crippen molar-refractivity contribution in [2.24, 2.45) is 5.92 Å². The number of H-pyrrole nitrogens is 1. The first kappa shape index (κ1) is 16.4. The van der Waals surface area contributed by atoms with E-state index >= 15 is 0 Å². The van der Waals surface area contributed by atoms with Crippen molar-refractivity contribution in [1.29, 1.82) is 0 Å². The van der Waals surface area contributed by atoms with Crippen LogP contribution in [0, 0.1) is 5.92 Å². The molecule has 0 bridgehead atoms. The molecule has 1 aromatic heterocycles. The summed E-state index contributed by atoms with van der Waals surface area (Å²) >= 11 is 0. The number of nitrogens with one attached hydrogen (secondary N) is 1. The first-order valence-corrected chi connectivity index (χ1v) is 8.43. The van der Waals surface area contributed by atoms with Crippen molar-refractivity contribution in [2.45, 2.75) is 38.6 Å². The van der Waals surface area contributed by atoms with Gasteiger partial charge in [-0.3, -0.25) is 0 Å². The van der Waals surface area contributed by atoms with E-state index in [0.717, 1.165) is 18.1 Å². The van der Waals surface area contributed by atoms with Crippen molar-refractivity contribution in [3.63, 3.8) is 0 Å². The lowest BCUT2D eigenvalue weighted by Gasteiger charge is -2.30. The van der Waals surface area contributed by atoms with Gasteiger partial charge in [-0.25, -0.2) is 0 Å². The number of aromatic amines is 1. The Labute approximate surface area is 143 Å². The van der Waals surface area contributed by atoms with Crippen molar-refractivity contribution in [3.8, 4) is 5.75 Å². The second kappa shape index (κ2) is 6.58. The molecule has 2 aliphatic rings. The average molecular weight is 333 g/mol. The standard InChI is InChI=1S/C19H24N2O.ClH/c1-12-3-5-13(6-4-12)18-19-15(9-10-20-18)16-11-14(22-2)7-8-17(16)21-19;/h3,7-8,11,13,18,20-21H,4-6,9-10H2,1-2H3;1H. The van der Waals surface area contributed by atoms with Crippen LogP contribution in [-0.4, -0.2) is 18.6 Å². The lowest BCUT2D eigenvalue weighted by Crippen LogP contribution is -3.00. The third kappa shape index (κ3) is 2.88. The minimum Gasteiger partial charge on any atom is -1.00 e. The molecule has 2 unspecified atom stereocenters. The Bertz CT molecular complexity index is 734. The third-order valence-electron chi connectivity index (χ3n) is 5.48. The van der Waals surface area contributed by atoms with Crippen LogP contribution in [0.15, 0.2) is 29.8 Å². The third-order valence-corrected chi connectivity index (χ3v) is 5.48. The van der Waals surface area contributed by atoms with Gasteiger partial charge in [-0.05, 0) is 49.9 Å². The SMILES string of the molecule is COc1ccc2[nH]c3c(c2c1)CC[NH2+]C3C1CC=C(C)CC1.[Cl-]. The molecule has 4 rings (SSSR count). The summed E-state index contributed by atoms with van der Waals surface area (Å²) in [5.41, 5.74) is 5.81. The minimum atomic E-state index is 0. The van der Waals surface area contributed by atoms with E-state index in [1.807, 2.05) is 0 Å². The molecule has 2 atom stereocenters.